The fourth-order valence-electron chi connectivity index (χ4n) is 6.08. The van der Waals surface area contributed by atoms with Gasteiger partial charge in [0, 0.05) is 37.7 Å². The van der Waals surface area contributed by atoms with Crippen LogP contribution >= 0.6 is 8.53 Å². The first-order chi connectivity index (χ1) is 26.0. The zero-order valence-electron chi connectivity index (χ0n) is 31.7. The number of hydrogen-bond acceptors (Lipinski definition) is 10. The molecule has 12 nitrogen and oxygen atoms in total. The molecule has 286 valence electrons. The number of carbonyl (C=O) groups excluding carboxylic acids is 1. The van der Waals surface area contributed by atoms with Crippen LogP contribution in [0.1, 0.15) is 69.2 Å². The lowest BCUT2D eigenvalue weighted by molar-refractivity contribution is -0.385. The van der Waals surface area contributed by atoms with Crippen molar-refractivity contribution >= 4 is 20.1 Å². The summed E-state index contributed by atoms with van der Waals surface area (Å²) in [6, 6.07) is 32.0. The molecule has 0 heterocycles. The highest BCUT2D eigenvalue weighted by molar-refractivity contribution is 7.45. The van der Waals surface area contributed by atoms with Crippen LogP contribution in [0.2, 0.25) is 0 Å². The number of benzene rings is 4. The minimum Gasteiger partial charge on any atom is -0.497 e. The average molecular weight is 757 g/mol. The number of ether oxygens (including phenoxy) is 3. The van der Waals surface area contributed by atoms with Crippen molar-refractivity contribution in [1.29, 1.82) is 5.26 Å². The molecule has 0 aliphatic carbocycles. The van der Waals surface area contributed by atoms with Crippen LogP contribution in [-0.4, -0.2) is 55.0 Å². The van der Waals surface area contributed by atoms with E-state index < -0.39 is 19.1 Å². The monoisotopic (exact) mass is 756 g/mol. The molecule has 1 amide bonds. The molecule has 1 unspecified atom stereocenters. The van der Waals surface area contributed by atoms with E-state index in [1.807, 2.05) is 111 Å². The zero-order valence-corrected chi connectivity index (χ0v) is 32.6. The van der Waals surface area contributed by atoms with Gasteiger partial charge in [0.25, 0.3) is 0 Å². The van der Waals surface area contributed by atoms with E-state index in [2.05, 4.69) is 11.4 Å². The highest BCUT2D eigenvalue weighted by Crippen LogP contribution is 2.48. The Morgan fingerprint density at radius 3 is 1.96 bits per heavy atom. The molecule has 0 radical (unpaired) electrons. The molecule has 0 fully saturated rings. The zero-order chi connectivity index (χ0) is 39.1. The summed E-state index contributed by atoms with van der Waals surface area (Å²) >= 11 is 0. The molecule has 13 heteroatoms. The first-order valence-corrected chi connectivity index (χ1v) is 19.0. The van der Waals surface area contributed by atoms with Crippen molar-refractivity contribution < 1.29 is 33.0 Å². The summed E-state index contributed by atoms with van der Waals surface area (Å²) in [5, 5.41) is 23.9. The van der Waals surface area contributed by atoms with Crippen molar-refractivity contribution in [2.24, 2.45) is 0 Å². The number of nitriles is 1. The Morgan fingerprint density at radius 1 is 0.870 bits per heavy atom. The summed E-state index contributed by atoms with van der Waals surface area (Å²) in [6.07, 6.45) is 0.760. The van der Waals surface area contributed by atoms with Gasteiger partial charge in [0.2, 0.25) is 11.7 Å². The van der Waals surface area contributed by atoms with E-state index >= 15 is 0 Å². The Labute approximate surface area is 319 Å². The maximum absolute atomic E-state index is 13.1. The molecule has 0 aromatic heterocycles. The number of nitrogens with zero attached hydrogens (tertiary/aromatic N) is 3. The van der Waals surface area contributed by atoms with Crippen LogP contribution in [0.4, 0.5) is 5.69 Å². The number of methoxy groups -OCH3 is 2. The third-order valence-electron chi connectivity index (χ3n) is 8.59. The normalized spacial score (nSPS) is 12.0. The Hall–Kier alpha value is -5.05. The van der Waals surface area contributed by atoms with Crippen molar-refractivity contribution in [1.82, 2.24) is 9.99 Å². The van der Waals surface area contributed by atoms with E-state index in [0.717, 1.165) is 28.2 Å². The summed E-state index contributed by atoms with van der Waals surface area (Å²) in [5.41, 5.74) is 2.11. The number of nitrogens with one attached hydrogen (secondary N) is 1. The third kappa shape index (κ3) is 10.8. The number of hydrogen-bond donors (Lipinski definition) is 1. The minimum absolute atomic E-state index is 0.00831. The minimum atomic E-state index is -1.78. The molecule has 0 aliphatic heterocycles. The first kappa shape index (κ1) is 41.7. The Bertz CT molecular complexity index is 1780. The van der Waals surface area contributed by atoms with Crippen molar-refractivity contribution in [3.8, 4) is 23.3 Å². The van der Waals surface area contributed by atoms with Gasteiger partial charge in [-0.3, -0.25) is 14.9 Å². The number of nitro groups is 1. The van der Waals surface area contributed by atoms with Crippen LogP contribution in [-0.2, 0) is 26.2 Å². The van der Waals surface area contributed by atoms with Crippen molar-refractivity contribution in [3.63, 3.8) is 0 Å². The molecule has 4 aromatic carbocycles. The molecule has 4 rings (SSSR count). The summed E-state index contributed by atoms with van der Waals surface area (Å²) < 4.78 is 31.9. The fourth-order valence-corrected chi connectivity index (χ4v) is 7.68. The van der Waals surface area contributed by atoms with Gasteiger partial charge >= 0.3 is 14.2 Å². The van der Waals surface area contributed by atoms with E-state index in [1.54, 1.807) is 26.4 Å². The van der Waals surface area contributed by atoms with Crippen LogP contribution in [0.5, 0.6) is 17.2 Å². The number of amides is 1. The predicted octanol–water partition coefficient (Wildman–Crippen LogP) is 8.67. The van der Waals surface area contributed by atoms with Gasteiger partial charge in [-0.25, -0.2) is 4.67 Å². The van der Waals surface area contributed by atoms with Crippen LogP contribution < -0.4 is 19.3 Å². The molecule has 0 saturated carbocycles. The van der Waals surface area contributed by atoms with Crippen LogP contribution in [0, 0.1) is 21.4 Å². The summed E-state index contributed by atoms with van der Waals surface area (Å²) in [6.45, 7) is 8.45. The lowest BCUT2D eigenvalue weighted by atomic mass is 9.80. The number of carbonyl (C=O) groups is 1. The Balaban J connectivity index is 1.49. The lowest BCUT2D eigenvalue weighted by Gasteiger charge is -2.36. The molecular weight excluding hydrogens is 707 g/mol. The molecule has 0 aliphatic rings. The largest absolute Gasteiger partial charge is 0.497 e. The number of nitro benzene ring substituents is 1. The quantitative estimate of drug-likeness (QED) is 0.0288. The van der Waals surface area contributed by atoms with Gasteiger partial charge in [-0.1, -0.05) is 60.7 Å². The molecular formula is C41H49N4O8P. The molecule has 0 bridgehead atoms. The molecule has 0 spiro atoms. The van der Waals surface area contributed by atoms with Gasteiger partial charge in [0.05, 0.1) is 38.2 Å². The van der Waals surface area contributed by atoms with Gasteiger partial charge in [-0.15, -0.1) is 0 Å². The van der Waals surface area contributed by atoms with Crippen LogP contribution in [0.3, 0.4) is 0 Å². The second-order valence-electron chi connectivity index (χ2n) is 12.9. The average Bonchev–Trinajstić information content (AvgIpc) is 3.17. The van der Waals surface area contributed by atoms with Crippen molar-refractivity contribution in [2.45, 2.75) is 71.2 Å². The highest BCUT2D eigenvalue weighted by atomic mass is 31.2. The maximum atomic E-state index is 13.1. The topological polar surface area (TPSA) is 145 Å². The molecule has 0 saturated heterocycles. The fraction of sp³-hybridized carbons (Fsp3) is 0.366. The van der Waals surface area contributed by atoms with E-state index in [-0.39, 0.29) is 62.0 Å². The Kier molecular flexibility index (Phi) is 15.8. The predicted molar refractivity (Wildman–Crippen MR) is 208 cm³/mol. The van der Waals surface area contributed by atoms with Crippen molar-refractivity contribution in [2.75, 3.05) is 27.4 Å². The summed E-state index contributed by atoms with van der Waals surface area (Å²) in [7, 11) is 1.47. The summed E-state index contributed by atoms with van der Waals surface area (Å²) in [4.78, 5) is 24.6. The second-order valence-corrected chi connectivity index (χ2v) is 14.3. The maximum Gasteiger partial charge on any atom is 0.321 e. The molecule has 54 heavy (non-hydrogen) atoms. The molecule has 4 aromatic rings. The number of rotatable bonds is 21. The first-order valence-electron chi connectivity index (χ1n) is 17.8. The smallest absolute Gasteiger partial charge is 0.321 e. The van der Waals surface area contributed by atoms with Gasteiger partial charge in [-0.2, -0.15) is 5.26 Å². The van der Waals surface area contributed by atoms with Crippen molar-refractivity contribution in [3.05, 3.63) is 129 Å². The second kappa shape index (κ2) is 20.4. The summed E-state index contributed by atoms with van der Waals surface area (Å²) in [5.74, 6) is 1.27. The van der Waals surface area contributed by atoms with E-state index in [4.69, 9.17) is 28.5 Å². The van der Waals surface area contributed by atoms with Gasteiger partial charge in [0.1, 0.15) is 17.1 Å². The van der Waals surface area contributed by atoms with Gasteiger partial charge < -0.3 is 28.6 Å². The van der Waals surface area contributed by atoms with Gasteiger partial charge in [0.15, 0.2) is 0 Å². The SMILES string of the molecule is COc1ccc(C(OCCCC(=O)NCc2ccc([N+](=O)[O-])c(OP(OCCC#N)N(C(C)C)C(C)C)c2)(c2ccccc2)c2ccc(OC)cc2)cc1. The standard InChI is InChI=1S/C41H49N4O8P/c1-30(2)44(31(3)4)54(52-27-11-25-42)53-39-28-32(15-24-38(39)45(47)48)29-43-40(46)14-10-26-51-41(33-12-8-7-9-13-33,34-16-20-36(49-5)21-17-34)35-18-22-37(50-6)23-19-35/h7-9,12-13,15-24,28,30-31H,10-11,14,26-27,29H2,1-6H3,(H,43,46). The molecule has 1 N–H and O–H groups in total. The molecule has 1 atom stereocenters. The van der Waals surface area contributed by atoms with E-state index in [9.17, 15) is 14.9 Å². The van der Waals surface area contributed by atoms with E-state index in [1.165, 1.54) is 6.07 Å². The Morgan fingerprint density at radius 2 is 1.44 bits per heavy atom. The van der Waals surface area contributed by atoms with Crippen LogP contribution in [0.15, 0.2) is 97.1 Å². The van der Waals surface area contributed by atoms with Crippen LogP contribution in [0.25, 0.3) is 0 Å². The highest BCUT2D eigenvalue weighted by Gasteiger charge is 2.38. The third-order valence-corrected chi connectivity index (χ3v) is 10.6. The van der Waals surface area contributed by atoms with Gasteiger partial charge in [-0.05, 0) is 86.7 Å². The lowest BCUT2D eigenvalue weighted by Crippen LogP contribution is -2.34. The van der Waals surface area contributed by atoms with E-state index in [0.29, 0.717) is 12.0 Å².